The van der Waals surface area contributed by atoms with Gasteiger partial charge >= 0.3 is 5.97 Å². The van der Waals surface area contributed by atoms with E-state index in [1.54, 1.807) is 19.2 Å². The van der Waals surface area contributed by atoms with Crippen LogP contribution in [0.2, 0.25) is 0 Å². The maximum atomic E-state index is 12.9. The van der Waals surface area contributed by atoms with Crippen molar-refractivity contribution in [3.05, 3.63) is 15.8 Å². The molecule has 0 radical (unpaired) electrons. The lowest BCUT2D eigenvalue weighted by Crippen LogP contribution is -2.41. The number of methoxy groups -OCH3 is 1. The van der Waals surface area contributed by atoms with Gasteiger partial charge < -0.3 is 9.84 Å². The molecule has 0 bridgehead atoms. The van der Waals surface area contributed by atoms with Crippen LogP contribution in [0.4, 0.5) is 0 Å². The number of carbonyl (C=O) groups is 1. The van der Waals surface area contributed by atoms with Gasteiger partial charge in [0.25, 0.3) is 0 Å². The third-order valence-electron chi connectivity index (χ3n) is 3.28. The molecule has 1 rings (SSSR count). The van der Waals surface area contributed by atoms with Crippen molar-refractivity contribution in [2.45, 2.75) is 38.1 Å². The van der Waals surface area contributed by atoms with Crippen LogP contribution in [0.15, 0.2) is 10.3 Å². The molecule has 1 atom stereocenters. The monoisotopic (exact) mass is 335 g/mol. The van der Waals surface area contributed by atoms with Crippen LogP contribution in [0.3, 0.4) is 0 Å². The maximum absolute atomic E-state index is 12.9. The highest BCUT2D eigenvalue weighted by atomic mass is 32.2. The van der Waals surface area contributed by atoms with Crippen LogP contribution in [0.1, 0.15) is 35.5 Å². The van der Waals surface area contributed by atoms with Gasteiger partial charge in [-0.15, -0.1) is 11.3 Å². The standard InChI is InChI=1S/C13H21NO5S2/c1-5-10(3)14(6-7-19-4)21(17,18)12-9(2)8-20-11(12)13(15)16/h8,10H,5-7H2,1-4H3,(H,15,16). The van der Waals surface area contributed by atoms with Gasteiger partial charge in [0.2, 0.25) is 10.0 Å². The number of aromatic carboxylic acids is 1. The Hall–Kier alpha value is -0.960. The molecule has 1 unspecified atom stereocenters. The van der Waals surface area contributed by atoms with Crippen LogP contribution < -0.4 is 0 Å². The van der Waals surface area contributed by atoms with Gasteiger partial charge in [-0.3, -0.25) is 0 Å². The van der Waals surface area contributed by atoms with Crippen molar-refractivity contribution >= 4 is 27.3 Å². The summed E-state index contributed by atoms with van der Waals surface area (Å²) in [4.78, 5) is 11.0. The van der Waals surface area contributed by atoms with Gasteiger partial charge in [0.05, 0.1) is 6.61 Å². The summed E-state index contributed by atoms with van der Waals surface area (Å²) in [5.41, 5.74) is 0.461. The third kappa shape index (κ3) is 3.82. The average Bonchev–Trinajstić information content (AvgIpc) is 2.81. The van der Waals surface area contributed by atoms with Crippen molar-refractivity contribution in [2.75, 3.05) is 20.3 Å². The number of carboxylic acid groups (broad SMARTS) is 1. The summed E-state index contributed by atoms with van der Waals surface area (Å²) < 4.78 is 32.0. The van der Waals surface area contributed by atoms with Crippen molar-refractivity contribution in [3.63, 3.8) is 0 Å². The van der Waals surface area contributed by atoms with Crippen molar-refractivity contribution in [3.8, 4) is 0 Å². The number of aryl methyl sites for hydroxylation is 1. The maximum Gasteiger partial charge on any atom is 0.347 e. The lowest BCUT2D eigenvalue weighted by atomic mass is 10.3. The first-order valence-corrected chi connectivity index (χ1v) is 8.91. The number of thiophene rings is 1. The van der Waals surface area contributed by atoms with Gasteiger partial charge in [-0.1, -0.05) is 6.92 Å². The highest BCUT2D eigenvalue weighted by Crippen LogP contribution is 2.30. The molecule has 0 saturated carbocycles. The second-order valence-corrected chi connectivity index (χ2v) is 7.45. The molecule has 0 aliphatic carbocycles. The number of nitrogens with zero attached hydrogens (tertiary/aromatic N) is 1. The zero-order valence-electron chi connectivity index (χ0n) is 12.6. The fourth-order valence-electron chi connectivity index (χ4n) is 1.98. The summed E-state index contributed by atoms with van der Waals surface area (Å²) in [6.45, 7) is 5.76. The molecule has 0 aliphatic rings. The summed E-state index contributed by atoms with van der Waals surface area (Å²) in [6.07, 6.45) is 0.633. The minimum Gasteiger partial charge on any atom is -0.477 e. The smallest absolute Gasteiger partial charge is 0.347 e. The van der Waals surface area contributed by atoms with E-state index in [9.17, 15) is 18.3 Å². The normalized spacial score (nSPS) is 13.6. The number of rotatable bonds is 8. The van der Waals surface area contributed by atoms with E-state index >= 15 is 0 Å². The molecule has 0 fully saturated rings. The van der Waals surface area contributed by atoms with E-state index < -0.39 is 16.0 Å². The first-order chi connectivity index (χ1) is 9.77. The topological polar surface area (TPSA) is 83.9 Å². The van der Waals surface area contributed by atoms with Gasteiger partial charge in [-0.25, -0.2) is 13.2 Å². The van der Waals surface area contributed by atoms with E-state index in [-0.39, 0.29) is 29.0 Å². The molecule has 21 heavy (non-hydrogen) atoms. The fourth-order valence-corrected chi connectivity index (χ4v) is 5.26. The van der Waals surface area contributed by atoms with Gasteiger partial charge in [-0.05, 0) is 31.2 Å². The number of ether oxygens (including phenoxy) is 1. The molecule has 0 aromatic carbocycles. The molecule has 6 nitrogen and oxygen atoms in total. The van der Waals surface area contributed by atoms with E-state index in [1.165, 1.54) is 11.4 Å². The van der Waals surface area contributed by atoms with Crippen LogP contribution in [0.25, 0.3) is 0 Å². The molecular formula is C13H21NO5S2. The second-order valence-electron chi connectivity index (χ2n) is 4.75. The minimum atomic E-state index is -3.86. The van der Waals surface area contributed by atoms with Gasteiger partial charge in [0.15, 0.2) is 0 Å². The number of hydrogen-bond acceptors (Lipinski definition) is 5. The Labute approximate surface area is 129 Å². The molecule has 1 heterocycles. The van der Waals surface area contributed by atoms with Crippen molar-refractivity contribution < 1.29 is 23.1 Å². The van der Waals surface area contributed by atoms with E-state index in [0.29, 0.717) is 12.0 Å². The Morgan fingerprint density at radius 3 is 2.62 bits per heavy atom. The number of sulfonamides is 1. The third-order valence-corrected chi connectivity index (χ3v) is 6.69. The van der Waals surface area contributed by atoms with Crippen LogP contribution >= 0.6 is 11.3 Å². The van der Waals surface area contributed by atoms with E-state index in [2.05, 4.69) is 0 Å². The predicted octanol–water partition coefficient (Wildman–Crippen LogP) is 2.19. The Kier molecular flexibility index (Phi) is 6.33. The Morgan fingerprint density at radius 2 is 2.14 bits per heavy atom. The van der Waals surface area contributed by atoms with E-state index in [0.717, 1.165) is 11.3 Å². The molecule has 0 saturated heterocycles. The zero-order chi connectivity index (χ0) is 16.2. The highest BCUT2D eigenvalue weighted by molar-refractivity contribution is 7.89. The quantitative estimate of drug-likeness (QED) is 0.787. The van der Waals surface area contributed by atoms with Gasteiger partial charge in [0, 0.05) is 19.7 Å². The summed E-state index contributed by atoms with van der Waals surface area (Å²) in [6, 6.07) is -0.230. The molecule has 0 amide bonds. The average molecular weight is 335 g/mol. The molecule has 1 aromatic rings. The molecule has 8 heteroatoms. The van der Waals surface area contributed by atoms with Crippen LogP contribution in [-0.2, 0) is 14.8 Å². The number of hydrogen-bond donors (Lipinski definition) is 1. The van der Waals surface area contributed by atoms with Crippen LogP contribution in [0, 0.1) is 6.92 Å². The first-order valence-electron chi connectivity index (χ1n) is 6.59. The highest BCUT2D eigenvalue weighted by Gasteiger charge is 2.34. The Balaban J connectivity index is 3.35. The van der Waals surface area contributed by atoms with Crippen LogP contribution in [0.5, 0.6) is 0 Å². The molecule has 1 aromatic heterocycles. The predicted molar refractivity (Wildman–Crippen MR) is 81.5 cm³/mol. The minimum absolute atomic E-state index is 0.101. The summed E-state index contributed by atoms with van der Waals surface area (Å²) in [5, 5.41) is 10.8. The van der Waals surface area contributed by atoms with E-state index in [1.807, 2.05) is 6.92 Å². The largest absolute Gasteiger partial charge is 0.477 e. The SMILES string of the molecule is CCC(C)N(CCOC)S(=O)(=O)c1c(C)csc1C(=O)O. The first kappa shape index (κ1) is 18.1. The van der Waals surface area contributed by atoms with Crippen molar-refractivity contribution in [1.29, 1.82) is 0 Å². The Bertz CT molecular complexity index is 594. The number of carboxylic acids is 1. The molecule has 0 aliphatic heterocycles. The van der Waals surface area contributed by atoms with Crippen molar-refractivity contribution in [1.82, 2.24) is 4.31 Å². The van der Waals surface area contributed by atoms with Crippen LogP contribution in [-0.4, -0.2) is 50.1 Å². The van der Waals surface area contributed by atoms with Crippen molar-refractivity contribution in [2.24, 2.45) is 0 Å². The summed E-state index contributed by atoms with van der Waals surface area (Å²) >= 11 is 0.935. The lowest BCUT2D eigenvalue weighted by molar-refractivity contribution is 0.0698. The summed E-state index contributed by atoms with van der Waals surface area (Å²) in [5.74, 6) is -1.22. The Morgan fingerprint density at radius 1 is 1.52 bits per heavy atom. The molecule has 0 spiro atoms. The lowest BCUT2D eigenvalue weighted by Gasteiger charge is -2.27. The summed E-state index contributed by atoms with van der Waals surface area (Å²) in [7, 11) is -2.36. The second kappa shape index (κ2) is 7.35. The molecule has 1 N–H and O–H groups in total. The zero-order valence-corrected chi connectivity index (χ0v) is 14.3. The molecular weight excluding hydrogens is 314 g/mol. The van der Waals surface area contributed by atoms with Gasteiger partial charge in [-0.2, -0.15) is 4.31 Å². The van der Waals surface area contributed by atoms with Gasteiger partial charge in [0.1, 0.15) is 9.77 Å². The van der Waals surface area contributed by atoms with E-state index in [4.69, 9.17) is 4.74 Å². The molecule has 120 valence electrons. The fraction of sp³-hybridized carbons (Fsp3) is 0.615.